The van der Waals surface area contributed by atoms with Gasteiger partial charge in [0.1, 0.15) is 0 Å². The normalized spacial score (nSPS) is 16.7. The summed E-state index contributed by atoms with van der Waals surface area (Å²) in [6.45, 7) is 3.26. The highest BCUT2D eigenvalue weighted by Gasteiger charge is 2.95. The summed E-state index contributed by atoms with van der Waals surface area (Å²) in [5.41, 5.74) is -0.280. The number of alkyl halides is 17. The second-order valence-corrected chi connectivity index (χ2v) is 7.84. The maximum absolute atomic E-state index is 14.5. The monoisotopic (exact) mass is 568 g/mol. The molecule has 0 bridgehead atoms. The van der Waals surface area contributed by atoms with Crippen LogP contribution in [-0.2, 0) is 5.75 Å². The Morgan fingerprint density at radius 3 is 1.26 bits per heavy atom. The van der Waals surface area contributed by atoms with Gasteiger partial charge in [0.15, 0.2) is 0 Å². The van der Waals surface area contributed by atoms with Crippen molar-refractivity contribution in [1.82, 2.24) is 0 Å². The first-order valence-electron chi connectivity index (χ1n) is 8.33. The lowest BCUT2D eigenvalue weighted by molar-refractivity contribution is -0.450. The van der Waals surface area contributed by atoms with Crippen LogP contribution in [-0.4, -0.2) is 47.0 Å². The lowest BCUT2D eigenvalue weighted by atomic mass is 9.91. The van der Waals surface area contributed by atoms with Crippen molar-refractivity contribution in [2.24, 2.45) is 0 Å². The van der Waals surface area contributed by atoms with E-state index in [2.05, 4.69) is 6.58 Å². The van der Waals surface area contributed by atoms with Crippen molar-refractivity contribution >= 4 is 17.8 Å². The van der Waals surface area contributed by atoms with Crippen LogP contribution in [0.1, 0.15) is 11.1 Å². The third kappa shape index (κ3) is 4.65. The van der Waals surface area contributed by atoms with Crippen LogP contribution in [0.3, 0.4) is 0 Å². The fourth-order valence-corrected chi connectivity index (χ4v) is 3.29. The van der Waals surface area contributed by atoms with Gasteiger partial charge >= 0.3 is 47.0 Å². The Labute approximate surface area is 188 Å². The molecule has 0 saturated heterocycles. The standard InChI is InChI=1S/C17H9F17S/c1-2-8-3-5-9(6-4-8)7-35-15(28,17(32,33)34)13(24,25)11(20,21)10(18,19)12(22,23)14(26,27)16(29,30)31/h2-6H,1,7H2. The van der Waals surface area contributed by atoms with E-state index in [9.17, 15) is 74.6 Å². The Morgan fingerprint density at radius 2 is 0.914 bits per heavy atom. The highest BCUT2D eigenvalue weighted by atomic mass is 32.2. The van der Waals surface area contributed by atoms with Crippen molar-refractivity contribution < 1.29 is 74.6 Å². The minimum atomic E-state index is -8.56. The quantitative estimate of drug-likeness (QED) is 0.269. The predicted octanol–water partition coefficient (Wildman–Crippen LogP) is 8.53. The molecule has 1 aromatic carbocycles. The molecule has 0 fully saturated rings. The van der Waals surface area contributed by atoms with Gasteiger partial charge < -0.3 is 0 Å². The first-order chi connectivity index (χ1) is 15.3. The molecule has 0 saturated carbocycles. The van der Waals surface area contributed by atoms with E-state index in [0.29, 0.717) is 0 Å². The van der Waals surface area contributed by atoms with E-state index in [4.69, 9.17) is 0 Å². The van der Waals surface area contributed by atoms with E-state index in [1.165, 1.54) is 0 Å². The van der Waals surface area contributed by atoms with Gasteiger partial charge in [-0.25, -0.2) is 4.39 Å². The number of thioether (sulfide) groups is 1. The molecule has 1 atom stereocenters. The van der Waals surface area contributed by atoms with Gasteiger partial charge in [-0.15, -0.1) is 11.8 Å². The molecular formula is C17H9F17S. The van der Waals surface area contributed by atoms with Crippen molar-refractivity contribution in [3.8, 4) is 0 Å². The molecule has 202 valence electrons. The summed E-state index contributed by atoms with van der Waals surface area (Å²) in [6, 6.07) is 3.70. The molecular weight excluding hydrogens is 559 g/mol. The van der Waals surface area contributed by atoms with Crippen LogP contribution in [0.4, 0.5) is 74.6 Å². The summed E-state index contributed by atoms with van der Waals surface area (Å²) in [7, 11) is 0. The van der Waals surface area contributed by atoms with Gasteiger partial charge in [-0.05, 0) is 11.1 Å². The van der Waals surface area contributed by atoms with E-state index >= 15 is 0 Å². The summed E-state index contributed by atoms with van der Waals surface area (Å²) in [5, 5.41) is -6.88. The van der Waals surface area contributed by atoms with Crippen molar-refractivity contribution in [2.75, 3.05) is 0 Å². The molecule has 0 amide bonds. The predicted molar refractivity (Wildman–Crippen MR) is 88.5 cm³/mol. The zero-order valence-electron chi connectivity index (χ0n) is 16.1. The average molecular weight is 568 g/mol. The largest absolute Gasteiger partial charge is 0.460 e. The Morgan fingerprint density at radius 1 is 0.543 bits per heavy atom. The van der Waals surface area contributed by atoms with E-state index in [-0.39, 0.29) is 5.56 Å². The van der Waals surface area contributed by atoms with E-state index in [0.717, 1.165) is 30.3 Å². The van der Waals surface area contributed by atoms with Crippen LogP contribution in [0.25, 0.3) is 6.08 Å². The molecule has 0 aliphatic rings. The molecule has 35 heavy (non-hydrogen) atoms. The molecule has 1 aromatic rings. The van der Waals surface area contributed by atoms with Crippen LogP contribution >= 0.6 is 11.8 Å². The zero-order valence-corrected chi connectivity index (χ0v) is 17.0. The van der Waals surface area contributed by atoms with Gasteiger partial charge in [0.25, 0.3) is 0 Å². The number of benzene rings is 1. The van der Waals surface area contributed by atoms with Crippen molar-refractivity contribution in [2.45, 2.75) is 52.7 Å². The number of hydrogen-bond donors (Lipinski definition) is 0. The highest BCUT2D eigenvalue weighted by Crippen LogP contribution is 2.66. The summed E-state index contributed by atoms with van der Waals surface area (Å²) in [4.78, 5) is 0. The first kappa shape index (κ1) is 31.2. The number of rotatable bonds is 9. The molecule has 0 heterocycles. The zero-order chi connectivity index (χ0) is 28.1. The molecule has 0 aliphatic heterocycles. The summed E-state index contributed by atoms with van der Waals surface area (Å²) < 4.78 is 225. The lowest BCUT2D eigenvalue weighted by Crippen LogP contribution is -2.74. The number of hydrogen-bond acceptors (Lipinski definition) is 1. The van der Waals surface area contributed by atoms with Gasteiger partial charge in [0.05, 0.1) is 0 Å². The Bertz CT molecular complexity index is 897. The maximum Gasteiger partial charge on any atom is 0.460 e. The molecule has 1 unspecified atom stereocenters. The third-order valence-corrected chi connectivity index (χ3v) is 5.72. The highest BCUT2D eigenvalue weighted by molar-refractivity contribution is 7.99. The van der Waals surface area contributed by atoms with Crippen LogP contribution in [0.15, 0.2) is 30.8 Å². The molecule has 18 heteroatoms. The van der Waals surface area contributed by atoms with Gasteiger partial charge in [-0.1, -0.05) is 36.9 Å². The second-order valence-electron chi connectivity index (χ2n) is 6.70. The SMILES string of the molecule is C=Cc1ccc(CSC(F)(C(F)(F)F)C(F)(F)C(F)(F)C(F)(F)C(F)(F)C(F)(F)C(F)(F)F)cc1. The van der Waals surface area contributed by atoms with Gasteiger partial charge in [0.2, 0.25) is 0 Å². The summed E-state index contributed by atoms with van der Waals surface area (Å²) in [6.07, 6.45) is -13.9. The Kier molecular flexibility index (Phi) is 7.92. The van der Waals surface area contributed by atoms with Crippen LogP contribution < -0.4 is 0 Å². The fourth-order valence-electron chi connectivity index (χ4n) is 2.25. The molecule has 0 aromatic heterocycles. The summed E-state index contributed by atoms with van der Waals surface area (Å²) >= 11 is -1.86. The van der Waals surface area contributed by atoms with E-state index in [1.807, 2.05) is 0 Å². The van der Waals surface area contributed by atoms with Gasteiger partial charge in [0, 0.05) is 5.75 Å². The average Bonchev–Trinajstić information content (AvgIpc) is 2.69. The number of halogens is 17. The van der Waals surface area contributed by atoms with Crippen molar-refractivity contribution in [3.05, 3.63) is 42.0 Å². The fraction of sp³-hybridized carbons (Fsp3) is 0.529. The first-order valence-corrected chi connectivity index (χ1v) is 9.31. The van der Waals surface area contributed by atoms with E-state index < -0.39 is 70.0 Å². The molecule has 1 rings (SSSR count). The molecule has 0 N–H and O–H groups in total. The molecule has 0 nitrogen and oxygen atoms in total. The van der Waals surface area contributed by atoms with Gasteiger partial charge in [-0.3, -0.25) is 0 Å². The Hall–Kier alpha value is -1.88. The third-order valence-electron chi connectivity index (χ3n) is 4.35. The molecule has 0 aliphatic carbocycles. The topological polar surface area (TPSA) is 0 Å². The Balaban J connectivity index is 3.61. The van der Waals surface area contributed by atoms with Crippen LogP contribution in [0.2, 0.25) is 0 Å². The van der Waals surface area contributed by atoms with Crippen molar-refractivity contribution in [1.29, 1.82) is 0 Å². The minimum absolute atomic E-state index is 0.255. The van der Waals surface area contributed by atoms with E-state index in [1.54, 1.807) is 0 Å². The second kappa shape index (κ2) is 8.90. The van der Waals surface area contributed by atoms with Crippen LogP contribution in [0.5, 0.6) is 0 Å². The molecule has 0 spiro atoms. The summed E-state index contributed by atoms with van der Waals surface area (Å²) in [5.74, 6) is -43.3. The van der Waals surface area contributed by atoms with Gasteiger partial charge in [-0.2, -0.15) is 70.2 Å². The minimum Gasteiger partial charge on any atom is -0.215 e. The van der Waals surface area contributed by atoms with Crippen LogP contribution in [0, 0.1) is 0 Å². The van der Waals surface area contributed by atoms with Crippen molar-refractivity contribution in [3.63, 3.8) is 0 Å². The lowest BCUT2D eigenvalue weighted by Gasteiger charge is -2.43. The maximum atomic E-state index is 14.5. The smallest absolute Gasteiger partial charge is 0.215 e. The molecule has 0 radical (unpaired) electrons.